The molecule has 0 spiro atoms. The Morgan fingerprint density at radius 3 is 2.45 bits per heavy atom. The Hall–Kier alpha value is -0.500. The maximum atomic E-state index is 5.60. The van der Waals surface area contributed by atoms with Crippen LogP contribution in [0.25, 0.3) is 0 Å². The summed E-state index contributed by atoms with van der Waals surface area (Å²) in [7, 11) is 0. The lowest BCUT2D eigenvalue weighted by Crippen LogP contribution is -2.11. The van der Waals surface area contributed by atoms with Crippen LogP contribution in [0.4, 0.5) is 0 Å². The molecule has 0 aliphatic heterocycles. The highest BCUT2D eigenvalue weighted by Crippen LogP contribution is 2.19. The molecule has 0 saturated heterocycles. The van der Waals surface area contributed by atoms with E-state index in [9.17, 15) is 0 Å². The third-order valence-electron chi connectivity index (χ3n) is 1.56. The van der Waals surface area contributed by atoms with Crippen molar-refractivity contribution in [2.24, 2.45) is 0 Å². The van der Waals surface area contributed by atoms with Crippen molar-refractivity contribution in [3.8, 4) is 0 Å². The SMILES string of the molecule is CC(C)(C)c1cnc(CCl)[nH]1. The van der Waals surface area contributed by atoms with Crippen molar-refractivity contribution in [2.45, 2.75) is 32.1 Å². The number of H-pyrrole nitrogens is 1. The zero-order valence-electron chi connectivity index (χ0n) is 7.11. The van der Waals surface area contributed by atoms with Crippen molar-refractivity contribution < 1.29 is 0 Å². The van der Waals surface area contributed by atoms with Gasteiger partial charge in [0.2, 0.25) is 0 Å². The van der Waals surface area contributed by atoms with E-state index in [4.69, 9.17) is 11.6 Å². The van der Waals surface area contributed by atoms with Crippen LogP contribution >= 0.6 is 11.6 Å². The maximum absolute atomic E-state index is 5.60. The van der Waals surface area contributed by atoms with Gasteiger partial charge in [-0.1, -0.05) is 20.8 Å². The summed E-state index contributed by atoms with van der Waals surface area (Å²) in [5.41, 5.74) is 1.27. The molecule has 2 nitrogen and oxygen atoms in total. The number of hydrogen-bond donors (Lipinski definition) is 1. The Morgan fingerprint density at radius 1 is 1.55 bits per heavy atom. The lowest BCUT2D eigenvalue weighted by atomic mass is 9.93. The van der Waals surface area contributed by atoms with Gasteiger partial charge in [0.05, 0.1) is 5.88 Å². The summed E-state index contributed by atoms with van der Waals surface area (Å²) in [6.07, 6.45) is 1.84. The first-order valence-electron chi connectivity index (χ1n) is 3.64. The Labute approximate surface area is 72.0 Å². The van der Waals surface area contributed by atoms with Crippen LogP contribution in [0, 0.1) is 0 Å². The van der Waals surface area contributed by atoms with Crippen LogP contribution in [0.1, 0.15) is 32.3 Å². The van der Waals surface area contributed by atoms with Crippen molar-refractivity contribution in [2.75, 3.05) is 0 Å². The maximum Gasteiger partial charge on any atom is 0.121 e. The van der Waals surface area contributed by atoms with Gasteiger partial charge in [-0.25, -0.2) is 4.98 Å². The van der Waals surface area contributed by atoms with Gasteiger partial charge in [-0.05, 0) is 0 Å². The van der Waals surface area contributed by atoms with Gasteiger partial charge in [0.1, 0.15) is 5.82 Å². The molecule has 0 fully saturated rings. The van der Waals surface area contributed by atoms with Crippen molar-refractivity contribution >= 4 is 11.6 Å². The first kappa shape index (κ1) is 8.60. The normalized spacial score (nSPS) is 12.0. The summed E-state index contributed by atoms with van der Waals surface area (Å²) in [6, 6.07) is 0. The number of rotatable bonds is 1. The number of nitrogens with zero attached hydrogens (tertiary/aromatic N) is 1. The van der Waals surface area contributed by atoms with E-state index in [1.54, 1.807) is 0 Å². The average Bonchev–Trinajstić information content (AvgIpc) is 2.32. The molecule has 62 valence electrons. The molecule has 0 bridgehead atoms. The third kappa shape index (κ3) is 1.96. The molecule has 1 rings (SSSR count). The second kappa shape index (κ2) is 2.86. The number of hydrogen-bond acceptors (Lipinski definition) is 1. The minimum atomic E-state index is 0.136. The molecule has 1 heterocycles. The number of imidazole rings is 1. The number of alkyl halides is 1. The van der Waals surface area contributed by atoms with Gasteiger partial charge >= 0.3 is 0 Å². The van der Waals surface area contributed by atoms with Crippen LogP contribution < -0.4 is 0 Å². The molecule has 0 atom stereocenters. The van der Waals surface area contributed by atoms with Crippen LogP contribution in [0.3, 0.4) is 0 Å². The highest BCUT2D eigenvalue weighted by Gasteiger charge is 2.15. The van der Waals surface area contributed by atoms with E-state index >= 15 is 0 Å². The van der Waals surface area contributed by atoms with E-state index in [0.717, 1.165) is 11.5 Å². The van der Waals surface area contributed by atoms with Crippen molar-refractivity contribution in [3.63, 3.8) is 0 Å². The topological polar surface area (TPSA) is 28.7 Å². The van der Waals surface area contributed by atoms with E-state index in [0.29, 0.717) is 5.88 Å². The highest BCUT2D eigenvalue weighted by molar-refractivity contribution is 6.16. The first-order valence-corrected chi connectivity index (χ1v) is 4.18. The minimum Gasteiger partial charge on any atom is -0.344 e. The number of aromatic nitrogens is 2. The van der Waals surface area contributed by atoms with Gasteiger partial charge in [0.25, 0.3) is 0 Å². The summed E-state index contributed by atoms with van der Waals surface area (Å²) >= 11 is 5.60. The van der Waals surface area contributed by atoms with Crippen LogP contribution in [-0.2, 0) is 11.3 Å². The molecule has 0 unspecified atom stereocenters. The molecule has 0 aromatic carbocycles. The largest absolute Gasteiger partial charge is 0.344 e. The second-order valence-corrected chi connectivity index (χ2v) is 3.89. The number of aromatic amines is 1. The van der Waals surface area contributed by atoms with Gasteiger partial charge in [-0.2, -0.15) is 0 Å². The molecule has 0 aliphatic rings. The zero-order chi connectivity index (χ0) is 8.48. The van der Waals surface area contributed by atoms with Crippen LogP contribution in [0.5, 0.6) is 0 Å². The number of nitrogens with one attached hydrogen (secondary N) is 1. The summed E-state index contributed by atoms with van der Waals surface area (Å²) in [5, 5.41) is 0. The Morgan fingerprint density at radius 2 is 2.18 bits per heavy atom. The highest BCUT2D eigenvalue weighted by atomic mass is 35.5. The second-order valence-electron chi connectivity index (χ2n) is 3.63. The smallest absolute Gasteiger partial charge is 0.121 e. The van der Waals surface area contributed by atoms with Gasteiger partial charge in [0, 0.05) is 17.3 Å². The van der Waals surface area contributed by atoms with Gasteiger partial charge < -0.3 is 4.98 Å². The van der Waals surface area contributed by atoms with E-state index in [1.165, 1.54) is 0 Å². The number of halogens is 1. The molecule has 0 saturated carbocycles. The fraction of sp³-hybridized carbons (Fsp3) is 0.625. The van der Waals surface area contributed by atoms with Crippen molar-refractivity contribution in [1.29, 1.82) is 0 Å². The molecule has 1 aromatic heterocycles. The van der Waals surface area contributed by atoms with E-state index in [1.807, 2.05) is 6.20 Å². The molecule has 1 N–H and O–H groups in total. The predicted molar refractivity (Wildman–Crippen MR) is 46.8 cm³/mol. The molecule has 3 heteroatoms. The molecular weight excluding hydrogens is 160 g/mol. The van der Waals surface area contributed by atoms with E-state index in [-0.39, 0.29) is 5.41 Å². The Kier molecular flexibility index (Phi) is 2.23. The fourth-order valence-electron chi connectivity index (χ4n) is 0.812. The molecule has 0 aliphatic carbocycles. The minimum absolute atomic E-state index is 0.136. The molecule has 0 amide bonds. The molecule has 0 radical (unpaired) electrons. The van der Waals surface area contributed by atoms with Crippen LogP contribution in [0.2, 0.25) is 0 Å². The quantitative estimate of drug-likeness (QED) is 0.648. The molecular formula is C8H13ClN2. The van der Waals surface area contributed by atoms with E-state index in [2.05, 4.69) is 30.7 Å². The monoisotopic (exact) mass is 172 g/mol. The molecule has 1 aromatic rings. The summed E-state index contributed by atoms with van der Waals surface area (Å²) in [6.45, 7) is 6.41. The zero-order valence-corrected chi connectivity index (χ0v) is 7.87. The van der Waals surface area contributed by atoms with Gasteiger partial charge in [-0.3, -0.25) is 0 Å². The fourth-order valence-corrected chi connectivity index (χ4v) is 0.947. The average molecular weight is 173 g/mol. The standard InChI is InChI=1S/C8H13ClN2/c1-8(2,3)6-5-10-7(4-9)11-6/h5H,4H2,1-3H3,(H,10,11). The lowest BCUT2D eigenvalue weighted by molar-refractivity contribution is 0.571. The Bertz CT molecular complexity index is 234. The Balaban J connectivity index is 2.89. The van der Waals surface area contributed by atoms with Crippen molar-refractivity contribution in [1.82, 2.24) is 9.97 Å². The van der Waals surface area contributed by atoms with Gasteiger partial charge in [-0.15, -0.1) is 11.6 Å². The predicted octanol–water partition coefficient (Wildman–Crippen LogP) is 2.45. The third-order valence-corrected chi connectivity index (χ3v) is 1.82. The summed E-state index contributed by atoms with van der Waals surface area (Å²) < 4.78 is 0. The van der Waals surface area contributed by atoms with Crippen molar-refractivity contribution in [3.05, 3.63) is 17.7 Å². The lowest BCUT2D eigenvalue weighted by Gasteiger charge is -2.14. The van der Waals surface area contributed by atoms with Gasteiger partial charge in [0.15, 0.2) is 0 Å². The summed E-state index contributed by atoms with van der Waals surface area (Å²) in [5.74, 6) is 1.30. The first-order chi connectivity index (χ1) is 5.04. The van der Waals surface area contributed by atoms with Crippen LogP contribution in [0.15, 0.2) is 6.20 Å². The molecule has 11 heavy (non-hydrogen) atoms. The van der Waals surface area contributed by atoms with Crippen LogP contribution in [-0.4, -0.2) is 9.97 Å². The summed E-state index contributed by atoms with van der Waals surface area (Å²) in [4.78, 5) is 7.27. The van der Waals surface area contributed by atoms with E-state index < -0.39 is 0 Å².